The predicted octanol–water partition coefficient (Wildman–Crippen LogP) is 4.71. The SMILES string of the molecule is CCOc1ccc(/C=C/C(=O)N(Cc2cc(OC)ccc2OC)C2CC2)cc1OCC. The van der Waals surface area contributed by atoms with Crippen LogP contribution >= 0.6 is 0 Å². The number of rotatable bonds is 11. The highest BCUT2D eigenvalue weighted by Crippen LogP contribution is 2.33. The monoisotopic (exact) mass is 425 g/mol. The first-order chi connectivity index (χ1) is 15.1. The molecule has 0 aliphatic heterocycles. The van der Waals surface area contributed by atoms with E-state index in [1.165, 1.54) is 0 Å². The summed E-state index contributed by atoms with van der Waals surface area (Å²) >= 11 is 0. The van der Waals surface area contributed by atoms with Crippen molar-refractivity contribution in [2.24, 2.45) is 0 Å². The smallest absolute Gasteiger partial charge is 0.247 e. The first-order valence-corrected chi connectivity index (χ1v) is 10.7. The van der Waals surface area contributed by atoms with E-state index in [4.69, 9.17) is 18.9 Å². The molecule has 0 aromatic heterocycles. The van der Waals surface area contributed by atoms with Gasteiger partial charge in [0.15, 0.2) is 11.5 Å². The van der Waals surface area contributed by atoms with Crippen molar-refractivity contribution in [2.45, 2.75) is 39.3 Å². The van der Waals surface area contributed by atoms with Gasteiger partial charge in [0.2, 0.25) is 5.91 Å². The molecule has 2 aromatic carbocycles. The molecule has 166 valence electrons. The molecule has 0 unspecified atom stereocenters. The zero-order valence-corrected chi connectivity index (χ0v) is 18.7. The van der Waals surface area contributed by atoms with Gasteiger partial charge in [-0.15, -0.1) is 0 Å². The molecular formula is C25H31NO5. The fourth-order valence-electron chi connectivity index (χ4n) is 3.40. The molecule has 1 aliphatic rings. The van der Waals surface area contributed by atoms with Crippen LogP contribution in [0.2, 0.25) is 0 Å². The molecule has 1 saturated carbocycles. The van der Waals surface area contributed by atoms with Crippen molar-refractivity contribution < 1.29 is 23.7 Å². The maximum atomic E-state index is 13.0. The third-order valence-electron chi connectivity index (χ3n) is 5.08. The Hall–Kier alpha value is -3.15. The summed E-state index contributed by atoms with van der Waals surface area (Å²) in [5.41, 5.74) is 1.81. The van der Waals surface area contributed by atoms with Gasteiger partial charge in [0.05, 0.1) is 34.0 Å². The Kier molecular flexibility index (Phi) is 7.82. The summed E-state index contributed by atoms with van der Waals surface area (Å²) in [6, 6.07) is 11.6. The number of benzene rings is 2. The highest BCUT2D eigenvalue weighted by atomic mass is 16.5. The highest BCUT2D eigenvalue weighted by molar-refractivity contribution is 5.92. The van der Waals surface area contributed by atoms with Gasteiger partial charge in [-0.3, -0.25) is 4.79 Å². The summed E-state index contributed by atoms with van der Waals surface area (Å²) in [6.45, 7) is 5.46. The minimum atomic E-state index is -0.0285. The number of ether oxygens (including phenoxy) is 4. The van der Waals surface area contributed by atoms with Crippen molar-refractivity contribution in [3.05, 3.63) is 53.6 Å². The molecule has 0 bridgehead atoms. The molecule has 6 nitrogen and oxygen atoms in total. The van der Waals surface area contributed by atoms with Crippen LogP contribution in [0.1, 0.15) is 37.8 Å². The van der Waals surface area contributed by atoms with Crippen molar-refractivity contribution >= 4 is 12.0 Å². The van der Waals surface area contributed by atoms with Crippen molar-refractivity contribution in [1.29, 1.82) is 0 Å². The van der Waals surface area contributed by atoms with E-state index in [1.54, 1.807) is 20.3 Å². The summed E-state index contributed by atoms with van der Waals surface area (Å²) in [7, 11) is 3.27. The zero-order chi connectivity index (χ0) is 22.2. The maximum Gasteiger partial charge on any atom is 0.247 e. The zero-order valence-electron chi connectivity index (χ0n) is 18.7. The average Bonchev–Trinajstić information content (AvgIpc) is 3.62. The predicted molar refractivity (Wildman–Crippen MR) is 121 cm³/mol. The normalized spacial score (nSPS) is 13.2. The van der Waals surface area contributed by atoms with Crippen LogP contribution in [0, 0.1) is 0 Å². The van der Waals surface area contributed by atoms with Crippen LogP contribution in [0.15, 0.2) is 42.5 Å². The van der Waals surface area contributed by atoms with Crippen LogP contribution in [-0.4, -0.2) is 44.3 Å². The number of hydrogen-bond donors (Lipinski definition) is 0. The van der Waals surface area contributed by atoms with Crippen LogP contribution < -0.4 is 18.9 Å². The first-order valence-electron chi connectivity index (χ1n) is 10.7. The third-order valence-corrected chi connectivity index (χ3v) is 5.08. The van der Waals surface area contributed by atoms with Gasteiger partial charge in [-0.1, -0.05) is 6.07 Å². The fourth-order valence-corrected chi connectivity index (χ4v) is 3.40. The Morgan fingerprint density at radius 1 is 0.968 bits per heavy atom. The lowest BCUT2D eigenvalue weighted by Crippen LogP contribution is -2.31. The van der Waals surface area contributed by atoms with Gasteiger partial charge in [0.1, 0.15) is 11.5 Å². The standard InChI is InChI=1S/C25H31NO5/c1-5-30-23-12-7-18(15-24(23)31-6-2)8-14-25(27)26(20-9-10-20)17-19-16-21(28-3)11-13-22(19)29-4/h7-8,11-16,20H,5-6,9-10,17H2,1-4H3/b14-8+. The number of methoxy groups -OCH3 is 2. The van der Waals surface area contributed by atoms with Crippen LogP contribution in [-0.2, 0) is 11.3 Å². The van der Waals surface area contributed by atoms with E-state index in [9.17, 15) is 4.79 Å². The summed E-state index contributed by atoms with van der Waals surface area (Å²) in [5, 5.41) is 0. The van der Waals surface area contributed by atoms with E-state index in [0.717, 1.165) is 35.5 Å². The molecule has 0 heterocycles. The topological polar surface area (TPSA) is 57.2 Å². The van der Waals surface area contributed by atoms with Gasteiger partial charge < -0.3 is 23.8 Å². The third kappa shape index (κ3) is 5.94. The van der Waals surface area contributed by atoms with Gasteiger partial charge in [0.25, 0.3) is 0 Å². The molecule has 0 spiro atoms. The van der Waals surface area contributed by atoms with Crippen LogP contribution in [0.5, 0.6) is 23.0 Å². The Bertz CT molecular complexity index is 920. The first kappa shape index (κ1) is 22.5. The van der Waals surface area contributed by atoms with E-state index in [0.29, 0.717) is 31.3 Å². The molecule has 3 rings (SSSR count). The largest absolute Gasteiger partial charge is 0.497 e. The second-order valence-electron chi connectivity index (χ2n) is 7.28. The number of carbonyl (C=O) groups is 1. The average molecular weight is 426 g/mol. The Morgan fingerprint density at radius 3 is 2.32 bits per heavy atom. The second kappa shape index (κ2) is 10.8. The number of hydrogen-bond acceptors (Lipinski definition) is 5. The number of carbonyl (C=O) groups excluding carboxylic acids is 1. The van der Waals surface area contributed by atoms with Crippen LogP contribution in [0.3, 0.4) is 0 Å². The summed E-state index contributed by atoms with van der Waals surface area (Å²) in [5.74, 6) is 2.85. The molecule has 2 aromatic rings. The van der Waals surface area contributed by atoms with Gasteiger partial charge >= 0.3 is 0 Å². The van der Waals surface area contributed by atoms with Crippen LogP contribution in [0.25, 0.3) is 6.08 Å². The lowest BCUT2D eigenvalue weighted by Gasteiger charge is -2.22. The molecular weight excluding hydrogens is 394 g/mol. The number of amides is 1. The molecule has 0 saturated heterocycles. The van der Waals surface area contributed by atoms with Crippen molar-refractivity contribution in [1.82, 2.24) is 4.90 Å². The van der Waals surface area contributed by atoms with Crippen molar-refractivity contribution in [3.8, 4) is 23.0 Å². The van der Waals surface area contributed by atoms with E-state index >= 15 is 0 Å². The Morgan fingerprint density at radius 2 is 1.68 bits per heavy atom. The summed E-state index contributed by atoms with van der Waals surface area (Å²) in [4.78, 5) is 14.9. The lowest BCUT2D eigenvalue weighted by molar-refractivity contribution is -0.127. The molecule has 6 heteroatoms. The van der Waals surface area contributed by atoms with E-state index in [2.05, 4.69) is 0 Å². The summed E-state index contributed by atoms with van der Waals surface area (Å²) < 4.78 is 22.1. The van der Waals surface area contributed by atoms with Crippen molar-refractivity contribution in [2.75, 3.05) is 27.4 Å². The van der Waals surface area contributed by atoms with Gasteiger partial charge in [0, 0.05) is 17.7 Å². The van der Waals surface area contributed by atoms with Gasteiger partial charge in [-0.2, -0.15) is 0 Å². The molecule has 0 radical (unpaired) electrons. The summed E-state index contributed by atoms with van der Waals surface area (Å²) in [6.07, 6.45) is 5.47. The second-order valence-corrected chi connectivity index (χ2v) is 7.28. The Balaban J connectivity index is 1.77. The molecule has 1 aliphatic carbocycles. The molecule has 31 heavy (non-hydrogen) atoms. The Labute approximate surface area is 184 Å². The molecule has 0 N–H and O–H groups in total. The molecule has 0 atom stereocenters. The van der Waals surface area contributed by atoms with Crippen molar-refractivity contribution in [3.63, 3.8) is 0 Å². The van der Waals surface area contributed by atoms with Crippen LogP contribution in [0.4, 0.5) is 0 Å². The van der Waals surface area contributed by atoms with E-state index in [1.807, 2.05) is 61.2 Å². The van der Waals surface area contributed by atoms with E-state index < -0.39 is 0 Å². The fraction of sp³-hybridized carbons (Fsp3) is 0.400. The number of nitrogens with zero attached hydrogens (tertiary/aromatic N) is 1. The highest BCUT2D eigenvalue weighted by Gasteiger charge is 2.32. The molecule has 1 fully saturated rings. The van der Waals surface area contributed by atoms with Gasteiger partial charge in [-0.05, 0) is 68.7 Å². The van der Waals surface area contributed by atoms with E-state index in [-0.39, 0.29) is 11.9 Å². The molecule has 1 amide bonds. The maximum absolute atomic E-state index is 13.0. The van der Waals surface area contributed by atoms with Gasteiger partial charge in [-0.25, -0.2) is 0 Å². The lowest BCUT2D eigenvalue weighted by atomic mass is 10.1. The minimum absolute atomic E-state index is 0.0285. The minimum Gasteiger partial charge on any atom is -0.497 e. The quantitative estimate of drug-likeness (QED) is 0.488.